The van der Waals surface area contributed by atoms with Crippen LogP contribution in [-0.2, 0) is 13.6 Å². The lowest BCUT2D eigenvalue weighted by molar-refractivity contribution is 0.572. The number of nitrogens with one attached hydrogen (secondary N) is 2. The summed E-state index contributed by atoms with van der Waals surface area (Å²) in [5.41, 5.74) is 1.14. The Morgan fingerprint density at radius 3 is 2.76 bits per heavy atom. The maximum atomic E-state index is 4.18. The van der Waals surface area contributed by atoms with Gasteiger partial charge in [-0.2, -0.15) is 5.10 Å². The summed E-state index contributed by atoms with van der Waals surface area (Å²) in [7, 11) is 3.72. The van der Waals surface area contributed by atoms with Gasteiger partial charge in [-0.1, -0.05) is 13.8 Å². The van der Waals surface area contributed by atoms with E-state index in [2.05, 4.69) is 34.6 Å². The minimum absolute atomic E-state index is 0.706. The molecule has 0 spiro atoms. The summed E-state index contributed by atoms with van der Waals surface area (Å²) < 4.78 is 1.86. The second-order valence-corrected chi connectivity index (χ2v) is 4.48. The summed E-state index contributed by atoms with van der Waals surface area (Å²) in [6.45, 7) is 6.11. The van der Waals surface area contributed by atoms with Crippen molar-refractivity contribution in [3.63, 3.8) is 0 Å². The smallest absolute Gasteiger partial charge is 0.191 e. The normalized spacial score (nSPS) is 11.9. The molecule has 2 N–H and O–H groups in total. The Kier molecular flexibility index (Phi) is 5.52. The van der Waals surface area contributed by atoms with Crippen LogP contribution in [0.5, 0.6) is 0 Å². The van der Waals surface area contributed by atoms with Crippen molar-refractivity contribution in [1.29, 1.82) is 0 Å². The van der Waals surface area contributed by atoms with Crippen molar-refractivity contribution >= 4 is 5.96 Å². The molecule has 0 bridgehead atoms. The van der Waals surface area contributed by atoms with Gasteiger partial charge in [-0.05, 0) is 18.4 Å². The van der Waals surface area contributed by atoms with E-state index in [0.29, 0.717) is 5.92 Å². The van der Waals surface area contributed by atoms with Gasteiger partial charge in [-0.3, -0.25) is 9.67 Å². The first-order valence-electron chi connectivity index (χ1n) is 6.05. The number of aliphatic imine (C=N–C) groups is 1. The monoisotopic (exact) mass is 237 g/mol. The molecule has 5 heteroatoms. The van der Waals surface area contributed by atoms with Crippen molar-refractivity contribution in [2.45, 2.75) is 26.8 Å². The molecular formula is C12H23N5. The fourth-order valence-electron chi connectivity index (χ4n) is 1.45. The molecule has 0 aliphatic heterocycles. The van der Waals surface area contributed by atoms with E-state index < -0.39 is 0 Å². The van der Waals surface area contributed by atoms with Gasteiger partial charge in [0, 0.05) is 26.8 Å². The SMILES string of the molecule is CN=C(NCCC(C)C)NCc1ccnn1C. The molecule has 96 valence electrons. The third kappa shape index (κ3) is 4.89. The number of aromatic nitrogens is 2. The molecule has 17 heavy (non-hydrogen) atoms. The van der Waals surface area contributed by atoms with Crippen LogP contribution >= 0.6 is 0 Å². The molecule has 0 amide bonds. The maximum Gasteiger partial charge on any atom is 0.191 e. The van der Waals surface area contributed by atoms with Gasteiger partial charge < -0.3 is 10.6 Å². The molecule has 0 unspecified atom stereocenters. The minimum Gasteiger partial charge on any atom is -0.356 e. The predicted molar refractivity (Wildman–Crippen MR) is 70.9 cm³/mol. The quantitative estimate of drug-likeness (QED) is 0.596. The number of nitrogens with zero attached hydrogens (tertiary/aromatic N) is 3. The Bertz CT molecular complexity index is 354. The highest BCUT2D eigenvalue weighted by Gasteiger charge is 2.01. The lowest BCUT2D eigenvalue weighted by atomic mass is 10.1. The van der Waals surface area contributed by atoms with E-state index in [-0.39, 0.29) is 0 Å². The van der Waals surface area contributed by atoms with Gasteiger partial charge in [0.05, 0.1) is 12.2 Å². The molecule has 0 aromatic carbocycles. The number of hydrogen-bond acceptors (Lipinski definition) is 2. The zero-order valence-corrected chi connectivity index (χ0v) is 11.2. The van der Waals surface area contributed by atoms with Crippen molar-refractivity contribution in [3.8, 4) is 0 Å². The van der Waals surface area contributed by atoms with Crippen LogP contribution in [0.3, 0.4) is 0 Å². The topological polar surface area (TPSA) is 54.2 Å². The van der Waals surface area contributed by atoms with E-state index in [1.54, 1.807) is 13.2 Å². The second kappa shape index (κ2) is 6.93. The number of aryl methyl sites for hydroxylation is 1. The average molecular weight is 237 g/mol. The van der Waals surface area contributed by atoms with E-state index in [1.165, 1.54) is 0 Å². The predicted octanol–water partition coefficient (Wildman–Crippen LogP) is 1.13. The van der Waals surface area contributed by atoms with Gasteiger partial charge in [0.1, 0.15) is 0 Å². The molecule has 1 rings (SSSR count). The van der Waals surface area contributed by atoms with Gasteiger partial charge >= 0.3 is 0 Å². The molecule has 1 aromatic rings. The highest BCUT2D eigenvalue weighted by atomic mass is 15.3. The van der Waals surface area contributed by atoms with Crippen LogP contribution in [0.4, 0.5) is 0 Å². The lowest BCUT2D eigenvalue weighted by Crippen LogP contribution is -2.38. The Balaban J connectivity index is 2.31. The number of hydrogen-bond donors (Lipinski definition) is 2. The fraction of sp³-hybridized carbons (Fsp3) is 0.667. The minimum atomic E-state index is 0.706. The summed E-state index contributed by atoms with van der Waals surface area (Å²) in [4.78, 5) is 4.18. The number of rotatable bonds is 5. The van der Waals surface area contributed by atoms with Crippen LogP contribution in [0.15, 0.2) is 17.3 Å². The molecule has 0 saturated carbocycles. The Labute approximate surface area is 103 Å². The maximum absolute atomic E-state index is 4.18. The molecule has 1 aromatic heterocycles. The summed E-state index contributed by atoms with van der Waals surface area (Å²) in [5, 5.41) is 10.7. The van der Waals surface area contributed by atoms with E-state index in [9.17, 15) is 0 Å². The van der Waals surface area contributed by atoms with Gasteiger partial charge in [0.15, 0.2) is 5.96 Å². The standard InChI is InChI=1S/C12H23N5/c1-10(2)5-7-14-12(13-3)15-9-11-6-8-16-17(11)4/h6,8,10H,5,7,9H2,1-4H3,(H2,13,14,15). The van der Waals surface area contributed by atoms with Crippen molar-refractivity contribution in [3.05, 3.63) is 18.0 Å². The highest BCUT2D eigenvalue weighted by molar-refractivity contribution is 5.79. The van der Waals surface area contributed by atoms with Crippen LogP contribution in [-0.4, -0.2) is 29.3 Å². The van der Waals surface area contributed by atoms with Gasteiger partial charge in [-0.15, -0.1) is 0 Å². The van der Waals surface area contributed by atoms with Gasteiger partial charge in [0.2, 0.25) is 0 Å². The van der Waals surface area contributed by atoms with Crippen LogP contribution < -0.4 is 10.6 Å². The average Bonchev–Trinajstić information content (AvgIpc) is 2.68. The van der Waals surface area contributed by atoms with Crippen LogP contribution in [0.1, 0.15) is 26.0 Å². The second-order valence-electron chi connectivity index (χ2n) is 4.48. The highest BCUT2D eigenvalue weighted by Crippen LogP contribution is 1.97. The first-order chi connectivity index (χ1) is 8.13. The molecule has 0 atom stereocenters. The molecular weight excluding hydrogens is 214 g/mol. The summed E-state index contributed by atoms with van der Waals surface area (Å²) in [6.07, 6.45) is 2.94. The molecule has 0 fully saturated rings. The van der Waals surface area contributed by atoms with E-state index >= 15 is 0 Å². The van der Waals surface area contributed by atoms with Crippen LogP contribution in [0.25, 0.3) is 0 Å². The summed E-state index contributed by atoms with van der Waals surface area (Å²) in [5.74, 6) is 1.55. The third-order valence-corrected chi connectivity index (χ3v) is 2.60. The Morgan fingerprint density at radius 1 is 1.47 bits per heavy atom. The largest absolute Gasteiger partial charge is 0.356 e. The molecule has 1 heterocycles. The van der Waals surface area contributed by atoms with Crippen molar-refractivity contribution < 1.29 is 0 Å². The third-order valence-electron chi connectivity index (χ3n) is 2.60. The zero-order valence-electron chi connectivity index (χ0n) is 11.2. The Morgan fingerprint density at radius 2 is 2.24 bits per heavy atom. The van der Waals surface area contributed by atoms with Crippen molar-refractivity contribution in [1.82, 2.24) is 20.4 Å². The van der Waals surface area contributed by atoms with Gasteiger partial charge in [0.25, 0.3) is 0 Å². The van der Waals surface area contributed by atoms with Crippen molar-refractivity contribution in [2.24, 2.45) is 18.0 Å². The Hall–Kier alpha value is -1.52. The molecule has 0 aliphatic carbocycles. The van der Waals surface area contributed by atoms with Gasteiger partial charge in [-0.25, -0.2) is 0 Å². The summed E-state index contributed by atoms with van der Waals surface area (Å²) >= 11 is 0. The van der Waals surface area contributed by atoms with E-state index in [0.717, 1.165) is 31.2 Å². The van der Waals surface area contributed by atoms with Crippen LogP contribution in [0, 0.1) is 5.92 Å². The number of guanidine groups is 1. The zero-order chi connectivity index (χ0) is 12.7. The van der Waals surface area contributed by atoms with Crippen molar-refractivity contribution in [2.75, 3.05) is 13.6 Å². The first-order valence-corrected chi connectivity index (χ1v) is 6.05. The fourth-order valence-corrected chi connectivity index (χ4v) is 1.45. The summed E-state index contributed by atoms with van der Waals surface area (Å²) in [6, 6.07) is 1.99. The molecule has 0 aliphatic rings. The first kappa shape index (κ1) is 13.5. The van der Waals surface area contributed by atoms with E-state index in [4.69, 9.17) is 0 Å². The molecule has 5 nitrogen and oxygen atoms in total. The lowest BCUT2D eigenvalue weighted by Gasteiger charge is -2.12. The van der Waals surface area contributed by atoms with Crippen LogP contribution in [0.2, 0.25) is 0 Å². The molecule has 0 radical (unpaired) electrons. The van der Waals surface area contributed by atoms with E-state index in [1.807, 2.05) is 17.8 Å². The molecule has 0 saturated heterocycles.